The summed E-state index contributed by atoms with van der Waals surface area (Å²) in [5.74, 6) is -0.0383. The van der Waals surface area contributed by atoms with E-state index >= 15 is 0 Å². The van der Waals surface area contributed by atoms with Crippen molar-refractivity contribution in [3.05, 3.63) is 57.5 Å². The molecule has 11 heteroatoms. The van der Waals surface area contributed by atoms with Crippen LogP contribution in [0.4, 0.5) is 5.69 Å². The van der Waals surface area contributed by atoms with Gasteiger partial charge < -0.3 is 15.0 Å². The fourth-order valence-corrected chi connectivity index (χ4v) is 5.12. The van der Waals surface area contributed by atoms with Crippen molar-refractivity contribution in [2.45, 2.75) is 58.7 Å². The molecule has 2 aromatic carbocycles. The van der Waals surface area contributed by atoms with E-state index in [4.69, 9.17) is 16.3 Å². The number of nitrogens with zero attached hydrogens (tertiary/aromatic N) is 2. The van der Waals surface area contributed by atoms with E-state index in [0.29, 0.717) is 11.4 Å². The fraction of sp³-hybridized carbons (Fsp3) is 0.462. The summed E-state index contributed by atoms with van der Waals surface area (Å²) in [5, 5.41) is 3.22. The molecule has 204 valence electrons. The van der Waals surface area contributed by atoms with Gasteiger partial charge in [0.1, 0.15) is 11.8 Å². The van der Waals surface area contributed by atoms with Crippen LogP contribution < -0.4 is 14.4 Å². The van der Waals surface area contributed by atoms with E-state index in [1.807, 2.05) is 38.1 Å². The highest BCUT2D eigenvalue weighted by atomic mass is 79.9. The third kappa shape index (κ3) is 9.19. The first-order chi connectivity index (χ1) is 17.4. The van der Waals surface area contributed by atoms with Gasteiger partial charge in [-0.25, -0.2) is 8.42 Å². The average molecular weight is 617 g/mol. The van der Waals surface area contributed by atoms with Crippen LogP contribution in [0.1, 0.15) is 45.6 Å². The molecule has 0 aliphatic heterocycles. The molecule has 0 unspecified atom stereocenters. The van der Waals surface area contributed by atoms with Gasteiger partial charge >= 0.3 is 0 Å². The molecule has 0 saturated heterocycles. The van der Waals surface area contributed by atoms with Crippen molar-refractivity contribution < 1.29 is 22.7 Å². The first kappa shape index (κ1) is 30.9. The number of carbonyl (C=O) groups is 2. The lowest BCUT2D eigenvalue weighted by atomic mass is 10.1. The quantitative estimate of drug-likeness (QED) is 0.342. The number of hydrogen-bond acceptors (Lipinski definition) is 5. The predicted molar refractivity (Wildman–Crippen MR) is 151 cm³/mol. The normalized spacial score (nSPS) is 12.9. The van der Waals surface area contributed by atoms with Gasteiger partial charge in [0.15, 0.2) is 0 Å². The number of ether oxygens (including phenoxy) is 1. The average Bonchev–Trinajstić information content (AvgIpc) is 2.84. The zero-order valence-electron chi connectivity index (χ0n) is 21.8. The topological polar surface area (TPSA) is 96.0 Å². The van der Waals surface area contributed by atoms with Gasteiger partial charge in [-0.2, -0.15) is 0 Å². The van der Waals surface area contributed by atoms with Crippen LogP contribution in [-0.2, 0) is 26.2 Å². The third-order valence-electron chi connectivity index (χ3n) is 6.01. The zero-order chi connectivity index (χ0) is 27.8. The van der Waals surface area contributed by atoms with Crippen molar-refractivity contribution in [1.82, 2.24) is 10.2 Å². The highest BCUT2D eigenvalue weighted by Gasteiger charge is 2.27. The van der Waals surface area contributed by atoms with Gasteiger partial charge in [-0.1, -0.05) is 46.6 Å². The van der Waals surface area contributed by atoms with Gasteiger partial charge in [0.25, 0.3) is 0 Å². The second-order valence-corrected chi connectivity index (χ2v) is 12.1. The number of anilines is 1. The van der Waals surface area contributed by atoms with Crippen molar-refractivity contribution in [1.29, 1.82) is 0 Å². The van der Waals surface area contributed by atoms with Gasteiger partial charge in [-0.3, -0.25) is 13.9 Å². The molecule has 0 saturated carbocycles. The molecule has 1 N–H and O–H groups in total. The highest BCUT2D eigenvalue weighted by Crippen LogP contribution is 2.30. The van der Waals surface area contributed by atoms with Crippen molar-refractivity contribution in [3.8, 4) is 5.75 Å². The Bertz CT molecular complexity index is 1180. The van der Waals surface area contributed by atoms with Crippen LogP contribution >= 0.6 is 27.5 Å². The number of rotatable bonds is 13. The van der Waals surface area contributed by atoms with E-state index < -0.39 is 16.1 Å². The van der Waals surface area contributed by atoms with Crippen molar-refractivity contribution >= 4 is 55.1 Å². The fourth-order valence-electron chi connectivity index (χ4n) is 3.65. The molecular formula is C26H35BrClN3O5S. The third-order valence-corrected chi connectivity index (χ3v) is 8.03. The number of amides is 2. The SMILES string of the molecule is CC[C@H](C)NC(=O)[C@@H](C)N(Cc1ccc(Br)cc1)C(=O)CCCN(c1ccc(OC)c(Cl)c1)S(C)(=O)=O. The van der Waals surface area contributed by atoms with Gasteiger partial charge in [-0.05, 0) is 62.6 Å². The first-order valence-electron chi connectivity index (χ1n) is 12.0. The number of methoxy groups -OCH3 is 1. The standard InChI is InChI=1S/C26H35BrClN3O5S/c1-6-18(2)29-26(33)19(3)30(17-20-9-11-21(27)12-10-20)25(32)8-7-15-31(37(5,34)35)22-13-14-24(36-4)23(28)16-22/h9-14,16,18-19H,6-8,15,17H2,1-5H3,(H,29,33)/t18-,19+/m0/s1. The summed E-state index contributed by atoms with van der Waals surface area (Å²) in [6, 6.07) is 11.6. The summed E-state index contributed by atoms with van der Waals surface area (Å²) in [5.41, 5.74) is 1.26. The van der Waals surface area contributed by atoms with Gasteiger partial charge in [0, 0.05) is 30.0 Å². The minimum Gasteiger partial charge on any atom is -0.495 e. The second kappa shape index (κ2) is 14.0. The molecule has 0 fully saturated rings. The van der Waals surface area contributed by atoms with Crippen LogP contribution in [0, 0.1) is 0 Å². The lowest BCUT2D eigenvalue weighted by molar-refractivity contribution is -0.140. The number of hydrogen-bond donors (Lipinski definition) is 1. The number of nitrogens with one attached hydrogen (secondary N) is 1. The molecule has 2 amide bonds. The summed E-state index contributed by atoms with van der Waals surface area (Å²) in [6.07, 6.45) is 2.20. The smallest absolute Gasteiger partial charge is 0.242 e. The lowest BCUT2D eigenvalue weighted by Gasteiger charge is -2.30. The van der Waals surface area contributed by atoms with Crippen LogP contribution in [0.2, 0.25) is 5.02 Å². The molecule has 2 atom stereocenters. The molecule has 0 radical (unpaired) electrons. The number of halogens is 2. The molecule has 2 rings (SSSR count). The Morgan fingerprint density at radius 1 is 1.14 bits per heavy atom. The molecule has 8 nitrogen and oxygen atoms in total. The number of sulfonamides is 1. The van der Waals surface area contributed by atoms with Crippen molar-refractivity contribution in [2.75, 3.05) is 24.2 Å². The Labute approximate surface area is 233 Å². The van der Waals surface area contributed by atoms with E-state index in [2.05, 4.69) is 21.2 Å². The monoisotopic (exact) mass is 615 g/mol. The van der Waals surface area contributed by atoms with Crippen LogP contribution in [0.15, 0.2) is 46.9 Å². The predicted octanol–water partition coefficient (Wildman–Crippen LogP) is 4.99. The van der Waals surface area contributed by atoms with E-state index in [9.17, 15) is 18.0 Å². The minimum atomic E-state index is -3.63. The molecule has 0 bridgehead atoms. The lowest BCUT2D eigenvalue weighted by Crippen LogP contribution is -2.49. The van der Waals surface area contributed by atoms with E-state index in [1.165, 1.54) is 22.4 Å². The molecule has 0 aromatic heterocycles. The molecule has 0 heterocycles. The van der Waals surface area contributed by atoms with Gasteiger partial charge in [0.05, 0.1) is 24.1 Å². The minimum absolute atomic E-state index is 0.0146. The Hall–Kier alpha value is -2.30. The Morgan fingerprint density at radius 3 is 2.32 bits per heavy atom. The van der Waals surface area contributed by atoms with Crippen LogP contribution in [0.5, 0.6) is 5.75 Å². The number of carbonyl (C=O) groups excluding carboxylic acids is 2. The molecule has 0 aliphatic carbocycles. The molecule has 0 spiro atoms. The Balaban J connectivity index is 2.19. The first-order valence-corrected chi connectivity index (χ1v) is 15.0. The van der Waals surface area contributed by atoms with Crippen LogP contribution in [0.3, 0.4) is 0 Å². The Kier molecular flexibility index (Phi) is 11.7. The maximum absolute atomic E-state index is 13.4. The molecule has 2 aromatic rings. The summed E-state index contributed by atoms with van der Waals surface area (Å²) >= 11 is 9.61. The van der Waals surface area contributed by atoms with E-state index in [-0.39, 0.29) is 48.8 Å². The zero-order valence-corrected chi connectivity index (χ0v) is 25.0. The summed E-state index contributed by atoms with van der Waals surface area (Å²) in [4.78, 5) is 27.8. The number of benzene rings is 2. The second-order valence-electron chi connectivity index (χ2n) is 8.90. The van der Waals surface area contributed by atoms with Crippen molar-refractivity contribution in [2.24, 2.45) is 0 Å². The summed E-state index contributed by atoms with van der Waals surface area (Å²) in [7, 11) is -2.15. The van der Waals surface area contributed by atoms with Gasteiger partial charge in [-0.15, -0.1) is 0 Å². The largest absolute Gasteiger partial charge is 0.495 e. The van der Waals surface area contributed by atoms with E-state index in [0.717, 1.165) is 22.7 Å². The molecular weight excluding hydrogens is 582 g/mol. The molecule has 0 aliphatic rings. The Morgan fingerprint density at radius 2 is 1.78 bits per heavy atom. The van der Waals surface area contributed by atoms with Crippen molar-refractivity contribution in [3.63, 3.8) is 0 Å². The van der Waals surface area contributed by atoms with Crippen LogP contribution in [0.25, 0.3) is 0 Å². The summed E-state index contributed by atoms with van der Waals surface area (Å²) < 4.78 is 32.3. The van der Waals surface area contributed by atoms with Crippen LogP contribution in [-0.4, -0.2) is 57.1 Å². The molecule has 37 heavy (non-hydrogen) atoms. The maximum atomic E-state index is 13.4. The highest BCUT2D eigenvalue weighted by molar-refractivity contribution is 9.10. The summed E-state index contributed by atoms with van der Waals surface area (Å²) in [6.45, 7) is 5.93. The van der Waals surface area contributed by atoms with Gasteiger partial charge in [0.2, 0.25) is 21.8 Å². The maximum Gasteiger partial charge on any atom is 0.242 e. The van der Waals surface area contributed by atoms with E-state index in [1.54, 1.807) is 19.1 Å².